The highest BCUT2D eigenvalue weighted by molar-refractivity contribution is 7.10. The molecule has 0 unspecified atom stereocenters. The van der Waals surface area contributed by atoms with E-state index in [0.29, 0.717) is 23.1 Å². The quantitative estimate of drug-likeness (QED) is 0.323. The Hall–Kier alpha value is -2.61. The van der Waals surface area contributed by atoms with Gasteiger partial charge in [-0.1, -0.05) is 24.3 Å². The fourth-order valence-corrected chi connectivity index (χ4v) is 5.15. The average molecular weight is 593 g/mol. The predicted octanol–water partition coefficient (Wildman–Crippen LogP) is 3.78. The van der Waals surface area contributed by atoms with Gasteiger partial charge in [-0.15, -0.1) is 0 Å². The Labute approximate surface area is 240 Å². The van der Waals surface area contributed by atoms with Crippen molar-refractivity contribution in [3.8, 4) is 0 Å². The van der Waals surface area contributed by atoms with Gasteiger partial charge in [0.25, 0.3) is 0 Å². The lowest BCUT2D eigenvalue weighted by Crippen LogP contribution is -2.43. The summed E-state index contributed by atoms with van der Waals surface area (Å²) >= 11 is 8.24. The molecule has 2 aliphatic heterocycles. The van der Waals surface area contributed by atoms with E-state index in [1.165, 1.54) is 35.8 Å². The molecule has 39 heavy (non-hydrogen) atoms. The van der Waals surface area contributed by atoms with Crippen molar-refractivity contribution in [1.29, 1.82) is 0 Å². The van der Waals surface area contributed by atoms with E-state index in [2.05, 4.69) is 39.6 Å². The van der Waals surface area contributed by atoms with Crippen LogP contribution in [0.3, 0.4) is 0 Å². The maximum atomic E-state index is 12.8. The number of piperazine rings is 2. The first-order valence-electron chi connectivity index (χ1n) is 12.7. The van der Waals surface area contributed by atoms with Gasteiger partial charge in [-0.25, -0.2) is 18.7 Å². The fourth-order valence-electron chi connectivity index (χ4n) is 3.78. The molecule has 2 aromatic carbocycles. The van der Waals surface area contributed by atoms with Gasteiger partial charge in [-0.3, -0.25) is 0 Å². The molecule has 0 bridgehead atoms. The largest absolute Gasteiger partial charge is 0.344 e. The zero-order valence-electron chi connectivity index (χ0n) is 21.4. The fraction of sp³-hybridized carbons (Fsp3) is 0.385. The van der Waals surface area contributed by atoms with Crippen LogP contribution >= 0.6 is 34.7 Å². The van der Waals surface area contributed by atoms with Crippen LogP contribution in [0, 0.1) is 11.6 Å². The molecule has 0 saturated carbocycles. The monoisotopic (exact) mass is 592 g/mol. The molecular formula is C26H31ClF2N8S2. The van der Waals surface area contributed by atoms with Crippen molar-refractivity contribution in [1.82, 2.24) is 34.7 Å². The normalized spacial score (nSPS) is 15.1. The summed E-state index contributed by atoms with van der Waals surface area (Å²) in [5, 5.41) is 10.7. The molecule has 13 heteroatoms. The summed E-state index contributed by atoms with van der Waals surface area (Å²) in [5.41, 5.74) is 2.01. The summed E-state index contributed by atoms with van der Waals surface area (Å²) < 4.78 is 34.3. The van der Waals surface area contributed by atoms with Gasteiger partial charge < -0.3 is 20.9 Å². The second-order valence-electron chi connectivity index (χ2n) is 8.80. The number of hydrogen-bond donors (Lipinski definition) is 3. The van der Waals surface area contributed by atoms with E-state index in [-0.39, 0.29) is 11.6 Å². The van der Waals surface area contributed by atoms with Gasteiger partial charge in [0, 0.05) is 76.7 Å². The van der Waals surface area contributed by atoms with Crippen molar-refractivity contribution in [2.45, 2.75) is 12.8 Å². The Bertz CT molecular complexity index is 1230. The molecule has 0 radical (unpaired) electrons. The van der Waals surface area contributed by atoms with Gasteiger partial charge >= 0.3 is 0 Å². The van der Waals surface area contributed by atoms with Crippen LogP contribution in [0.5, 0.6) is 0 Å². The molecule has 0 aliphatic carbocycles. The third-order valence-electron chi connectivity index (χ3n) is 5.80. The maximum absolute atomic E-state index is 12.8. The molecule has 3 N–H and O–H groups in total. The Balaban J connectivity index is 0.000000154. The lowest BCUT2D eigenvalue weighted by molar-refractivity contribution is 0.534. The van der Waals surface area contributed by atoms with Crippen LogP contribution in [-0.2, 0) is 12.8 Å². The molecule has 2 aromatic heterocycles. The molecule has 0 spiro atoms. The highest BCUT2D eigenvalue weighted by atomic mass is 35.5. The topological polar surface area (TPSA) is 90.9 Å². The molecule has 208 valence electrons. The van der Waals surface area contributed by atoms with Crippen LogP contribution in [0.15, 0.2) is 48.5 Å². The van der Waals surface area contributed by atoms with Crippen molar-refractivity contribution in [3.05, 3.63) is 87.4 Å². The minimum atomic E-state index is -0.238. The van der Waals surface area contributed by atoms with E-state index in [0.717, 1.165) is 86.0 Å². The van der Waals surface area contributed by atoms with Crippen LogP contribution in [0.25, 0.3) is 0 Å². The van der Waals surface area contributed by atoms with Crippen molar-refractivity contribution in [2.75, 3.05) is 57.3 Å². The second kappa shape index (κ2) is 15.8. The first-order valence-corrected chi connectivity index (χ1v) is 14.6. The lowest BCUT2D eigenvalue weighted by atomic mass is 10.1. The number of hydrogen-bond acceptors (Lipinski definition) is 10. The zero-order chi connectivity index (χ0) is 27.3. The standard InChI is InChI=1S/C13H15FN4S.C9H6ClFN2S.C4H10N2/c14-11-3-1-10(2-4-11)9-12-16-13(19-17-12)18-7-5-15-6-8-18;10-9-12-8(13-14-9)5-6-1-3-7(11)4-2-6;1-2-6-4-3-5-1/h1-4,15H,5-9H2;1-4H,5H2;5-6H,1-4H2. The molecule has 2 fully saturated rings. The summed E-state index contributed by atoms with van der Waals surface area (Å²) in [6.07, 6.45) is 1.24. The number of aromatic nitrogens is 4. The molecule has 8 nitrogen and oxygen atoms in total. The first kappa shape index (κ1) is 29.4. The third kappa shape index (κ3) is 10.5. The smallest absolute Gasteiger partial charge is 0.205 e. The molecule has 0 atom stereocenters. The summed E-state index contributed by atoms with van der Waals surface area (Å²) in [6.45, 7) is 8.50. The summed E-state index contributed by atoms with van der Waals surface area (Å²) in [5.74, 6) is 1.03. The van der Waals surface area contributed by atoms with E-state index in [1.54, 1.807) is 24.3 Å². The van der Waals surface area contributed by atoms with Crippen LogP contribution in [0.1, 0.15) is 22.8 Å². The number of nitrogens with one attached hydrogen (secondary N) is 3. The second-order valence-corrected chi connectivity index (χ2v) is 10.9. The van der Waals surface area contributed by atoms with Gasteiger partial charge in [0.1, 0.15) is 23.3 Å². The Morgan fingerprint density at radius 2 is 1.13 bits per heavy atom. The van der Waals surface area contributed by atoms with E-state index < -0.39 is 0 Å². The molecular weight excluding hydrogens is 562 g/mol. The first-order chi connectivity index (χ1) is 19.0. The minimum Gasteiger partial charge on any atom is -0.344 e. The molecule has 4 heterocycles. The molecule has 4 aromatic rings. The number of benzene rings is 2. The van der Waals surface area contributed by atoms with Crippen LogP contribution in [0.4, 0.5) is 13.9 Å². The molecule has 0 amide bonds. The van der Waals surface area contributed by atoms with Crippen LogP contribution in [-0.4, -0.2) is 71.1 Å². The van der Waals surface area contributed by atoms with Gasteiger partial charge in [0.05, 0.1) is 0 Å². The Morgan fingerprint density at radius 3 is 1.59 bits per heavy atom. The number of nitrogens with zero attached hydrogens (tertiary/aromatic N) is 5. The lowest BCUT2D eigenvalue weighted by Gasteiger charge is -2.26. The van der Waals surface area contributed by atoms with E-state index in [4.69, 9.17) is 11.6 Å². The average Bonchev–Trinajstić information content (AvgIpc) is 3.62. The van der Waals surface area contributed by atoms with Crippen LogP contribution < -0.4 is 20.9 Å². The highest BCUT2D eigenvalue weighted by Crippen LogP contribution is 2.19. The van der Waals surface area contributed by atoms with E-state index >= 15 is 0 Å². The number of halogens is 3. The Morgan fingerprint density at radius 1 is 0.667 bits per heavy atom. The van der Waals surface area contributed by atoms with Gasteiger partial charge in [-0.05, 0) is 58.5 Å². The maximum Gasteiger partial charge on any atom is 0.205 e. The van der Waals surface area contributed by atoms with Gasteiger partial charge in [0.15, 0.2) is 0 Å². The Kier molecular flexibility index (Phi) is 11.9. The number of anilines is 1. The van der Waals surface area contributed by atoms with E-state index in [1.807, 2.05) is 0 Å². The van der Waals surface area contributed by atoms with Gasteiger partial charge in [-0.2, -0.15) is 8.75 Å². The van der Waals surface area contributed by atoms with Crippen molar-refractivity contribution >= 4 is 39.8 Å². The highest BCUT2D eigenvalue weighted by Gasteiger charge is 2.15. The third-order valence-corrected chi connectivity index (χ3v) is 7.45. The predicted molar refractivity (Wildman–Crippen MR) is 154 cm³/mol. The zero-order valence-corrected chi connectivity index (χ0v) is 23.8. The summed E-state index contributed by atoms with van der Waals surface area (Å²) in [7, 11) is 0. The van der Waals surface area contributed by atoms with Crippen LogP contribution in [0.2, 0.25) is 4.47 Å². The number of rotatable bonds is 5. The summed E-state index contributed by atoms with van der Waals surface area (Å²) in [6, 6.07) is 12.8. The minimum absolute atomic E-state index is 0.212. The SMILES string of the molecule is C1CNCCN1.Fc1ccc(Cc2nsc(Cl)n2)cc1.Fc1ccc(Cc2nsc(N3CCNCC3)n2)cc1. The molecule has 2 aliphatic rings. The van der Waals surface area contributed by atoms with Crippen molar-refractivity contribution < 1.29 is 8.78 Å². The molecule has 6 rings (SSSR count). The molecule has 2 saturated heterocycles. The van der Waals surface area contributed by atoms with Crippen molar-refractivity contribution in [2.24, 2.45) is 0 Å². The van der Waals surface area contributed by atoms with Gasteiger partial charge in [0.2, 0.25) is 9.60 Å². The van der Waals surface area contributed by atoms with Crippen molar-refractivity contribution in [3.63, 3.8) is 0 Å². The summed E-state index contributed by atoms with van der Waals surface area (Å²) in [4.78, 5) is 10.8. The van der Waals surface area contributed by atoms with E-state index in [9.17, 15) is 8.78 Å².